The highest BCUT2D eigenvalue weighted by molar-refractivity contribution is 6.31. The number of allylic oxidation sites excluding steroid dienone is 2. The Labute approximate surface area is 169 Å². The highest BCUT2D eigenvalue weighted by Gasteiger charge is 2.35. The minimum absolute atomic E-state index is 0.0813. The van der Waals surface area contributed by atoms with E-state index in [2.05, 4.69) is 26.2 Å². The molecule has 0 atom stereocenters. The molecule has 4 N–H and O–H groups in total. The lowest BCUT2D eigenvalue weighted by molar-refractivity contribution is -0.240. The molecule has 7 nitrogen and oxygen atoms in total. The standard InChI is InChI=1S/C18H17ClF3N7/c19-15-6-16-14(10-23-17(16)24-11-15)5-12-2-4-29(26-7-12)27-9-13-1-3-28(25-8-13)18(20,21)22/h1-4,6-8,10-11,25-27H,5,9H2,(H,23,24). The Kier molecular flexibility index (Phi) is 5.12. The van der Waals surface area contributed by atoms with Crippen molar-refractivity contribution in [2.45, 2.75) is 12.7 Å². The fraction of sp³-hybridized carbons (Fsp3) is 0.167. The third-order valence-electron chi connectivity index (χ3n) is 4.36. The first-order valence-corrected chi connectivity index (χ1v) is 9.03. The summed E-state index contributed by atoms with van der Waals surface area (Å²) in [7, 11) is 0. The molecule has 0 unspecified atom stereocenters. The van der Waals surface area contributed by atoms with Crippen LogP contribution in [0.5, 0.6) is 0 Å². The molecule has 0 amide bonds. The summed E-state index contributed by atoms with van der Waals surface area (Å²) >= 11 is 6.03. The van der Waals surface area contributed by atoms with Crippen molar-refractivity contribution in [3.63, 3.8) is 0 Å². The molecule has 2 aromatic rings. The fourth-order valence-corrected chi connectivity index (χ4v) is 3.04. The molecule has 4 rings (SSSR count). The van der Waals surface area contributed by atoms with E-state index in [0.717, 1.165) is 28.4 Å². The van der Waals surface area contributed by atoms with Gasteiger partial charge < -0.3 is 4.98 Å². The predicted octanol–water partition coefficient (Wildman–Crippen LogP) is 3.22. The van der Waals surface area contributed by atoms with Gasteiger partial charge in [-0.15, -0.1) is 13.2 Å². The maximum Gasteiger partial charge on any atom is 0.502 e. The lowest BCUT2D eigenvalue weighted by Crippen LogP contribution is -2.45. The number of pyridine rings is 1. The van der Waals surface area contributed by atoms with E-state index in [1.54, 1.807) is 17.5 Å². The van der Waals surface area contributed by atoms with Crippen LogP contribution in [0.4, 0.5) is 13.2 Å². The summed E-state index contributed by atoms with van der Waals surface area (Å²) < 4.78 is 37.6. The lowest BCUT2D eigenvalue weighted by atomic mass is 10.1. The Hall–Kier alpha value is -3.11. The normalized spacial score (nSPS) is 16.6. The molecule has 0 saturated carbocycles. The van der Waals surface area contributed by atoms with Gasteiger partial charge in [0, 0.05) is 55.5 Å². The van der Waals surface area contributed by atoms with E-state index in [0.29, 0.717) is 23.6 Å². The molecule has 2 aliphatic heterocycles. The highest BCUT2D eigenvalue weighted by atomic mass is 35.5. The van der Waals surface area contributed by atoms with Crippen LogP contribution in [0, 0.1) is 0 Å². The molecule has 0 saturated heterocycles. The van der Waals surface area contributed by atoms with E-state index in [9.17, 15) is 13.2 Å². The minimum atomic E-state index is -4.46. The van der Waals surface area contributed by atoms with Crippen molar-refractivity contribution >= 4 is 22.6 Å². The van der Waals surface area contributed by atoms with Crippen molar-refractivity contribution in [2.24, 2.45) is 0 Å². The van der Waals surface area contributed by atoms with Crippen LogP contribution in [0.15, 0.2) is 66.6 Å². The number of H-pyrrole nitrogens is 1. The van der Waals surface area contributed by atoms with E-state index >= 15 is 0 Å². The van der Waals surface area contributed by atoms with Gasteiger partial charge in [-0.25, -0.2) is 20.5 Å². The number of aromatic nitrogens is 2. The van der Waals surface area contributed by atoms with Crippen LogP contribution in [-0.2, 0) is 6.42 Å². The summed E-state index contributed by atoms with van der Waals surface area (Å²) in [6, 6.07) is 1.88. The maximum atomic E-state index is 12.5. The van der Waals surface area contributed by atoms with Gasteiger partial charge in [-0.2, -0.15) is 0 Å². The average molecular weight is 424 g/mol. The molecule has 29 heavy (non-hydrogen) atoms. The lowest BCUT2D eigenvalue weighted by Gasteiger charge is -2.28. The first-order valence-electron chi connectivity index (χ1n) is 8.65. The Morgan fingerprint density at radius 1 is 1.10 bits per heavy atom. The van der Waals surface area contributed by atoms with E-state index < -0.39 is 6.30 Å². The van der Waals surface area contributed by atoms with Crippen LogP contribution in [0.3, 0.4) is 0 Å². The second-order valence-corrected chi connectivity index (χ2v) is 6.85. The molecule has 2 aromatic heterocycles. The van der Waals surface area contributed by atoms with E-state index in [4.69, 9.17) is 11.6 Å². The van der Waals surface area contributed by atoms with Crippen LogP contribution in [0.1, 0.15) is 5.56 Å². The number of fused-ring (bicyclic) bond motifs is 1. The molecule has 0 fully saturated rings. The van der Waals surface area contributed by atoms with Gasteiger partial charge in [0.25, 0.3) is 0 Å². The van der Waals surface area contributed by atoms with E-state index in [1.165, 1.54) is 12.3 Å². The Morgan fingerprint density at radius 3 is 2.59 bits per heavy atom. The third kappa shape index (κ3) is 4.49. The monoisotopic (exact) mass is 423 g/mol. The second kappa shape index (κ2) is 7.72. The molecular formula is C18H17ClF3N7. The van der Waals surface area contributed by atoms with Crippen LogP contribution in [0.25, 0.3) is 11.0 Å². The Balaban J connectivity index is 1.29. The molecule has 0 aliphatic carbocycles. The van der Waals surface area contributed by atoms with Crippen LogP contribution < -0.4 is 16.3 Å². The smallest absolute Gasteiger partial charge is 0.346 e. The van der Waals surface area contributed by atoms with Gasteiger partial charge >= 0.3 is 6.30 Å². The molecule has 0 radical (unpaired) electrons. The predicted molar refractivity (Wildman–Crippen MR) is 103 cm³/mol. The van der Waals surface area contributed by atoms with E-state index in [-0.39, 0.29) is 5.01 Å². The van der Waals surface area contributed by atoms with Crippen LogP contribution in [-0.4, -0.2) is 32.9 Å². The number of hydrazine groups is 3. The van der Waals surface area contributed by atoms with Gasteiger partial charge in [0.1, 0.15) is 5.65 Å². The number of alkyl halides is 3. The summed E-state index contributed by atoms with van der Waals surface area (Å²) in [5.41, 5.74) is 11.9. The number of aromatic amines is 1. The van der Waals surface area contributed by atoms with Crippen molar-refractivity contribution in [1.82, 2.24) is 36.4 Å². The summed E-state index contributed by atoms with van der Waals surface area (Å²) in [6.45, 7) is 0.336. The second-order valence-electron chi connectivity index (χ2n) is 6.41. The van der Waals surface area contributed by atoms with Crippen LogP contribution in [0.2, 0.25) is 5.02 Å². The summed E-state index contributed by atoms with van der Waals surface area (Å²) in [4.78, 5) is 7.38. The SMILES string of the molecule is FC(F)(F)N1C=CC(CNN2C=CC(Cc3c[nH]c4ncc(Cl)cc34)=CN2)=CN1. The Morgan fingerprint density at radius 2 is 1.90 bits per heavy atom. The van der Waals surface area contributed by atoms with Gasteiger partial charge in [-0.1, -0.05) is 11.6 Å². The number of rotatable bonds is 5. The number of halogens is 4. The van der Waals surface area contributed by atoms with Crippen molar-refractivity contribution < 1.29 is 13.2 Å². The Bertz CT molecular complexity index is 1020. The van der Waals surface area contributed by atoms with Crippen molar-refractivity contribution in [2.75, 3.05) is 6.54 Å². The zero-order chi connectivity index (χ0) is 20.4. The molecule has 11 heteroatoms. The number of hydrogen-bond acceptors (Lipinski definition) is 6. The molecule has 0 bridgehead atoms. The topological polar surface area (TPSA) is 71.2 Å². The van der Waals surface area contributed by atoms with Gasteiger partial charge in [0.15, 0.2) is 0 Å². The van der Waals surface area contributed by atoms with Gasteiger partial charge in [-0.05, 0) is 34.9 Å². The number of nitrogens with one attached hydrogen (secondary N) is 4. The molecule has 0 spiro atoms. The average Bonchev–Trinajstić information content (AvgIpc) is 3.09. The zero-order valence-electron chi connectivity index (χ0n) is 15.0. The molecule has 2 aliphatic rings. The summed E-state index contributed by atoms with van der Waals surface area (Å²) in [6.07, 6.45) is 8.95. The maximum absolute atomic E-state index is 12.5. The number of nitrogens with zero attached hydrogens (tertiary/aromatic N) is 3. The molecule has 152 valence electrons. The quantitative estimate of drug-likeness (QED) is 0.554. The largest absolute Gasteiger partial charge is 0.502 e. The zero-order valence-corrected chi connectivity index (χ0v) is 15.7. The summed E-state index contributed by atoms with van der Waals surface area (Å²) in [5, 5.41) is 3.27. The summed E-state index contributed by atoms with van der Waals surface area (Å²) in [5.74, 6) is 0. The molecular weight excluding hydrogens is 407 g/mol. The van der Waals surface area contributed by atoms with Crippen molar-refractivity contribution in [3.8, 4) is 0 Å². The fourth-order valence-electron chi connectivity index (χ4n) is 2.88. The van der Waals surface area contributed by atoms with E-state index in [1.807, 2.05) is 24.5 Å². The van der Waals surface area contributed by atoms with Gasteiger partial charge in [-0.3, -0.25) is 10.9 Å². The molecule has 0 aromatic carbocycles. The first-order chi connectivity index (χ1) is 13.9. The highest BCUT2D eigenvalue weighted by Crippen LogP contribution is 2.23. The van der Waals surface area contributed by atoms with Crippen molar-refractivity contribution in [3.05, 3.63) is 77.1 Å². The van der Waals surface area contributed by atoms with Crippen LogP contribution >= 0.6 is 11.6 Å². The van der Waals surface area contributed by atoms with Gasteiger partial charge in [0.05, 0.1) is 5.02 Å². The number of hydrogen-bond donors (Lipinski definition) is 4. The third-order valence-corrected chi connectivity index (χ3v) is 4.56. The minimum Gasteiger partial charge on any atom is -0.346 e. The van der Waals surface area contributed by atoms with Crippen molar-refractivity contribution in [1.29, 1.82) is 0 Å². The van der Waals surface area contributed by atoms with Gasteiger partial charge in [0.2, 0.25) is 0 Å². The molecule has 4 heterocycles. The first kappa shape index (κ1) is 19.2.